The highest BCUT2D eigenvalue weighted by molar-refractivity contribution is 7.89. The third kappa shape index (κ3) is 3.95. The first-order valence-electron chi connectivity index (χ1n) is 7.35. The number of rotatable bonds is 4. The van der Waals surface area contributed by atoms with Crippen LogP contribution >= 0.6 is 0 Å². The second-order valence-electron chi connectivity index (χ2n) is 6.13. The Morgan fingerprint density at radius 2 is 2.10 bits per heavy atom. The molecule has 1 aromatic rings. The van der Waals surface area contributed by atoms with Crippen LogP contribution in [0.5, 0.6) is 0 Å². The van der Waals surface area contributed by atoms with Crippen molar-refractivity contribution in [1.29, 1.82) is 0 Å². The predicted molar refractivity (Wildman–Crippen MR) is 81.9 cm³/mol. The number of halogens is 1. The Kier molecular flexibility index (Phi) is 4.88. The minimum Gasteiger partial charge on any atom is -0.398 e. The summed E-state index contributed by atoms with van der Waals surface area (Å²) in [6.45, 7) is 4.19. The highest BCUT2D eigenvalue weighted by Gasteiger charge is 2.24. The summed E-state index contributed by atoms with van der Waals surface area (Å²) in [5.74, 6) is 0.195. The molecule has 21 heavy (non-hydrogen) atoms. The maximum absolute atomic E-state index is 13.9. The summed E-state index contributed by atoms with van der Waals surface area (Å²) in [7, 11) is -3.85. The Bertz CT molecular complexity index is 616. The molecule has 0 bridgehead atoms. The first-order chi connectivity index (χ1) is 9.79. The number of hydrogen-bond acceptors (Lipinski definition) is 3. The van der Waals surface area contributed by atoms with Gasteiger partial charge in [-0.05, 0) is 49.3 Å². The van der Waals surface area contributed by atoms with E-state index in [1.165, 1.54) is 12.5 Å². The normalized spacial score (nSPS) is 23.2. The summed E-state index contributed by atoms with van der Waals surface area (Å²) < 4.78 is 40.9. The molecule has 2 atom stereocenters. The molecule has 1 aromatic carbocycles. The van der Waals surface area contributed by atoms with Gasteiger partial charge in [0.2, 0.25) is 10.0 Å². The van der Waals surface area contributed by atoms with Crippen LogP contribution in [0.2, 0.25) is 0 Å². The minimum absolute atomic E-state index is 0.281. The zero-order valence-corrected chi connectivity index (χ0v) is 13.3. The lowest BCUT2D eigenvalue weighted by Crippen LogP contribution is -2.32. The second-order valence-corrected chi connectivity index (χ2v) is 7.86. The molecule has 4 nitrogen and oxygen atoms in total. The van der Waals surface area contributed by atoms with Crippen LogP contribution in [0.3, 0.4) is 0 Å². The Labute approximate surface area is 126 Å². The summed E-state index contributed by atoms with van der Waals surface area (Å²) in [6.07, 6.45) is 4.36. The number of nitrogen functional groups attached to an aromatic ring is 1. The third-order valence-electron chi connectivity index (χ3n) is 4.22. The van der Waals surface area contributed by atoms with Crippen LogP contribution < -0.4 is 10.5 Å². The first kappa shape index (κ1) is 16.2. The van der Waals surface area contributed by atoms with Crippen LogP contribution in [-0.4, -0.2) is 15.0 Å². The van der Waals surface area contributed by atoms with Gasteiger partial charge in [0.05, 0.1) is 0 Å². The van der Waals surface area contributed by atoms with E-state index in [0.29, 0.717) is 23.9 Å². The Morgan fingerprint density at radius 3 is 2.76 bits per heavy atom. The van der Waals surface area contributed by atoms with E-state index >= 15 is 0 Å². The molecule has 0 saturated heterocycles. The monoisotopic (exact) mass is 314 g/mol. The molecule has 1 fully saturated rings. The lowest BCUT2D eigenvalue weighted by molar-refractivity contribution is 0.283. The molecule has 0 aromatic heterocycles. The molecule has 0 amide bonds. The number of hydrogen-bond donors (Lipinski definition) is 2. The molecule has 1 aliphatic rings. The number of anilines is 1. The highest BCUT2D eigenvalue weighted by Crippen LogP contribution is 2.28. The van der Waals surface area contributed by atoms with Gasteiger partial charge in [-0.3, -0.25) is 0 Å². The van der Waals surface area contributed by atoms with Crippen molar-refractivity contribution in [3.63, 3.8) is 0 Å². The zero-order chi connectivity index (χ0) is 15.6. The van der Waals surface area contributed by atoms with Gasteiger partial charge in [-0.25, -0.2) is 17.5 Å². The SMILES string of the molecule is Cc1cc(F)c(S(=O)(=O)NCC2CCCC(C)C2)cc1N. The molecule has 118 valence electrons. The topological polar surface area (TPSA) is 72.2 Å². The second kappa shape index (κ2) is 6.32. The Balaban J connectivity index is 2.10. The number of aryl methyl sites for hydroxylation is 1. The van der Waals surface area contributed by atoms with Crippen molar-refractivity contribution >= 4 is 15.7 Å². The van der Waals surface area contributed by atoms with E-state index in [2.05, 4.69) is 11.6 Å². The van der Waals surface area contributed by atoms with E-state index < -0.39 is 15.8 Å². The standard InChI is InChI=1S/C15H23FN2O2S/c1-10-4-3-5-12(6-10)9-18-21(19,20)15-8-14(17)11(2)7-13(15)16/h7-8,10,12,18H,3-6,9,17H2,1-2H3. The average Bonchev–Trinajstić information content (AvgIpc) is 2.41. The van der Waals surface area contributed by atoms with Gasteiger partial charge in [-0.15, -0.1) is 0 Å². The summed E-state index contributed by atoms with van der Waals surface area (Å²) in [6, 6.07) is 2.35. The van der Waals surface area contributed by atoms with Crippen molar-refractivity contribution in [3.8, 4) is 0 Å². The van der Waals surface area contributed by atoms with Crippen molar-refractivity contribution in [2.75, 3.05) is 12.3 Å². The minimum atomic E-state index is -3.85. The Hall–Kier alpha value is -1.14. The molecule has 6 heteroatoms. The predicted octanol–water partition coefficient (Wildman–Crippen LogP) is 2.82. The van der Waals surface area contributed by atoms with Gasteiger partial charge in [0, 0.05) is 12.2 Å². The number of benzene rings is 1. The average molecular weight is 314 g/mol. The molecule has 0 aliphatic heterocycles. The van der Waals surface area contributed by atoms with Crippen molar-refractivity contribution in [2.45, 2.75) is 44.4 Å². The summed E-state index contributed by atoms with van der Waals surface area (Å²) in [5.41, 5.74) is 6.50. The van der Waals surface area contributed by atoms with Crippen LogP contribution in [0.25, 0.3) is 0 Å². The van der Waals surface area contributed by atoms with Crippen LogP contribution in [0.15, 0.2) is 17.0 Å². The fourth-order valence-electron chi connectivity index (χ4n) is 2.92. The summed E-state index contributed by atoms with van der Waals surface area (Å²) >= 11 is 0. The lowest BCUT2D eigenvalue weighted by atomic mass is 9.83. The van der Waals surface area contributed by atoms with Crippen molar-refractivity contribution in [1.82, 2.24) is 4.72 Å². The van der Waals surface area contributed by atoms with E-state index in [1.807, 2.05) is 0 Å². The molecule has 2 rings (SSSR count). The molecule has 1 saturated carbocycles. The number of nitrogens with two attached hydrogens (primary N) is 1. The molecule has 1 aliphatic carbocycles. The van der Waals surface area contributed by atoms with Gasteiger partial charge < -0.3 is 5.73 Å². The molecule has 0 spiro atoms. The van der Waals surface area contributed by atoms with Crippen molar-refractivity contribution < 1.29 is 12.8 Å². The van der Waals surface area contributed by atoms with Gasteiger partial charge in [0.25, 0.3) is 0 Å². The summed E-state index contributed by atoms with van der Waals surface area (Å²) in [4.78, 5) is -0.366. The van der Waals surface area contributed by atoms with Gasteiger partial charge in [-0.1, -0.05) is 19.8 Å². The van der Waals surface area contributed by atoms with E-state index in [9.17, 15) is 12.8 Å². The van der Waals surface area contributed by atoms with Crippen LogP contribution in [0.1, 0.15) is 38.2 Å². The third-order valence-corrected chi connectivity index (χ3v) is 5.66. The van der Waals surface area contributed by atoms with Gasteiger partial charge >= 0.3 is 0 Å². The maximum Gasteiger partial charge on any atom is 0.243 e. The molecule has 0 radical (unpaired) electrons. The van der Waals surface area contributed by atoms with E-state index in [1.54, 1.807) is 6.92 Å². The number of sulfonamides is 1. The quantitative estimate of drug-likeness (QED) is 0.839. The maximum atomic E-state index is 13.9. The molecule has 0 heterocycles. The number of nitrogens with one attached hydrogen (secondary N) is 1. The van der Waals surface area contributed by atoms with E-state index in [-0.39, 0.29) is 10.6 Å². The molecular formula is C15H23FN2O2S. The smallest absolute Gasteiger partial charge is 0.243 e. The van der Waals surface area contributed by atoms with Crippen molar-refractivity contribution in [2.24, 2.45) is 11.8 Å². The van der Waals surface area contributed by atoms with E-state index in [0.717, 1.165) is 25.3 Å². The van der Waals surface area contributed by atoms with E-state index in [4.69, 9.17) is 5.73 Å². The zero-order valence-electron chi connectivity index (χ0n) is 12.5. The largest absolute Gasteiger partial charge is 0.398 e. The van der Waals surface area contributed by atoms with Crippen LogP contribution in [0, 0.1) is 24.6 Å². The summed E-state index contributed by atoms with van der Waals surface area (Å²) in [5, 5.41) is 0. The fraction of sp³-hybridized carbons (Fsp3) is 0.600. The van der Waals surface area contributed by atoms with Crippen molar-refractivity contribution in [3.05, 3.63) is 23.5 Å². The fourth-order valence-corrected chi connectivity index (χ4v) is 4.13. The van der Waals surface area contributed by atoms with Crippen LogP contribution in [0.4, 0.5) is 10.1 Å². The van der Waals surface area contributed by atoms with Gasteiger partial charge in [0.15, 0.2) is 0 Å². The molecule has 3 N–H and O–H groups in total. The first-order valence-corrected chi connectivity index (χ1v) is 8.83. The van der Waals surface area contributed by atoms with Gasteiger partial charge in [0.1, 0.15) is 10.7 Å². The highest BCUT2D eigenvalue weighted by atomic mass is 32.2. The van der Waals surface area contributed by atoms with Gasteiger partial charge in [-0.2, -0.15) is 0 Å². The lowest BCUT2D eigenvalue weighted by Gasteiger charge is -2.26. The van der Waals surface area contributed by atoms with Crippen LogP contribution in [-0.2, 0) is 10.0 Å². The molecular weight excluding hydrogens is 291 g/mol. The Morgan fingerprint density at radius 1 is 1.38 bits per heavy atom. The molecule has 2 unspecified atom stereocenters.